The molecule has 0 N–H and O–H groups in total. The van der Waals surface area contributed by atoms with Gasteiger partial charge >= 0.3 is 18.4 Å². The van der Waals surface area contributed by atoms with Gasteiger partial charge in [-0.3, -0.25) is 4.90 Å². The average molecular weight is 541 g/mol. The number of hydrogen-bond donors (Lipinski definition) is 0. The number of halogens is 8. The molecule has 2 aromatic carbocycles. The van der Waals surface area contributed by atoms with Crippen molar-refractivity contribution >= 4 is 11.8 Å². The average Bonchev–Trinajstić information content (AvgIpc) is 2.81. The Balaban J connectivity index is 2.27. The first-order valence-electron chi connectivity index (χ1n) is 11.0. The molecule has 0 aliphatic carbocycles. The Kier molecular flexibility index (Phi) is 7.58. The van der Waals surface area contributed by atoms with Crippen LogP contribution in [0.25, 0.3) is 0 Å². The molecule has 1 heterocycles. The summed E-state index contributed by atoms with van der Waals surface area (Å²) in [7, 11) is 2.48. The molecule has 3 rings (SSSR count). The van der Waals surface area contributed by atoms with E-state index in [2.05, 4.69) is 0 Å². The highest BCUT2D eigenvalue weighted by Gasteiger charge is 2.50. The summed E-state index contributed by atoms with van der Waals surface area (Å²) in [5.74, 6) is -6.11. The van der Waals surface area contributed by atoms with Crippen molar-refractivity contribution in [1.82, 2.24) is 0 Å². The van der Waals surface area contributed by atoms with Crippen LogP contribution >= 0.6 is 0 Å². The number of carbonyl (C=O) groups excluding carboxylic acids is 1. The summed E-state index contributed by atoms with van der Waals surface area (Å²) in [5, 5.41) is 0. The number of anilines is 1. The third-order valence-electron chi connectivity index (χ3n) is 6.06. The van der Waals surface area contributed by atoms with E-state index in [-0.39, 0.29) is 47.6 Å². The number of nitrogens with zero attached hydrogens (tertiary/aromatic N) is 1. The molecule has 2 atom stereocenters. The second-order valence-electron chi connectivity index (χ2n) is 8.39. The quantitative estimate of drug-likeness (QED) is 0.371. The molecule has 0 saturated carbocycles. The monoisotopic (exact) mass is 541 g/mol. The number of hydrogen-bond acceptors (Lipinski definition) is 4. The lowest BCUT2D eigenvalue weighted by Gasteiger charge is -2.41. The van der Waals surface area contributed by atoms with E-state index in [1.165, 1.54) is 34.1 Å². The Bertz CT molecular complexity index is 1130. The number of fused-ring (bicyclic) bond motifs is 1. The molecule has 5 nitrogen and oxygen atoms in total. The molecule has 0 fully saturated rings. The third-order valence-corrected chi connectivity index (χ3v) is 6.06. The van der Waals surface area contributed by atoms with Gasteiger partial charge in [-0.15, -0.1) is 0 Å². The smallest absolute Gasteiger partial charge is 0.416 e. The van der Waals surface area contributed by atoms with E-state index >= 15 is 8.78 Å². The molecule has 2 aromatic rings. The first-order valence-corrected chi connectivity index (χ1v) is 11.0. The van der Waals surface area contributed by atoms with E-state index in [0.717, 1.165) is 11.0 Å². The van der Waals surface area contributed by atoms with Gasteiger partial charge in [0.05, 0.1) is 43.6 Å². The van der Waals surface area contributed by atoms with Gasteiger partial charge in [0.15, 0.2) is 11.5 Å². The first-order chi connectivity index (χ1) is 17.1. The lowest BCUT2D eigenvalue weighted by Crippen LogP contribution is -2.46. The van der Waals surface area contributed by atoms with Crippen LogP contribution in [0, 0.1) is 0 Å². The zero-order chi connectivity index (χ0) is 27.9. The highest BCUT2D eigenvalue weighted by atomic mass is 19.4. The molecule has 1 amide bonds. The Morgan fingerprint density at radius 2 is 1.35 bits per heavy atom. The molecule has 0 spiro atoms. The SMILES string of the molecule is CCOC(=O)N1c2cc(OC)c(OC)cc2C(C(F)(F)c2cc(C(F)(F)F)cc(C(F)(F)F)c2)C[C@@H]1C. The van der Waals surface area contributed by atoms with Crippen LogP contribution in [-0.4, -0.2) is 33.0 Å². The van der Waals surface area contributed by atoms with Crippen molar-refractivity contribution in [3.8, 4) is 11.5 Å². The van der Waals surface area contributed by atoms with Gasteiger partial charge in [0.2, 0.25) is 0 Å². The van der Waals surface area contributed by atoms with Gasteiger partial charge in [-0.25, -0.2) is 13.6 Å². The third kappa shape index (κ3) is 5.40. The molecular weight excluding hydrogens is 518 g/mol. The van der Waals surface area contributed by atoms with Gasteiger partial charge in [0.1, 0.15) is 0 Å². The molecule has 204 valence electrons. The Morgan fingerprint density at radius 3 is 1.81 bits per heavy atom. The molecule has 0 bridgehead atoms. The molecule has 13 heteroatoms. The van der Waals surface area contributed by atoms with Crippen molar-refractivity contribution in [3.05, 3.63) is 52.6 Å². The molecule has 0 radical (unpaired) electrons. The number of ether oxygens (including phenoxy) is 3. The Labute approximate surface area is 206 Å². The van der Waals surface area contributed by atoms with Gasteiger partial charge in [-0.05, 0) is 50.1 Å². The van der Waals surface area contributed by atoms with Gasteiger partial charge in [-0.2, -0.15) is 26.3 Å². The summed E-state index contributed by atoms with van der Waals surface area (Å²) in [6.45, 7) is 2.91. The van der Waals surface area contributed by atoms with Crippen molar-refractivity contribution < 1.29 is 54.1 Å². The molecule has 0 aromatic heterocycles. The van der Waals surface area contributed by atoms with Crippen molar-refractivity contribution in [3.63, 3.8) is 0 Å². The zero-order valence-electron chi connectivity index (χ0n) is 20.1. The molecule has 1 unspecified atom stereocenters. The predicted octanol–water partition coefficient (Wildman–Crippen LogP) is 7.37. The second kappa shape index (κ2) is 9.90. The summed E-state index contributed by atoms with van der Waals surface area (Å²) in [5.41, 5.74) is -5.51. The van der Waals surface area contributed by atoms with Crippen molar-refractivity contribution in [2.24, 2.45) is 0 Å². The van der Waals surface area contributed by atoms with Crippen LogP contribution in [0.2, 0.25) is 0 Å². The van der Waals surface area contributed by atoms with E-state index in [9.17, 15) is 31.1 Å². The van der Waals surface area contributed by atoms with Crippen LogP contribution < -0.4 is 14.4 Å². The predicted molar refractivity (Wildman–Crippen MR) is 116 cm³/mol. The highest BCUT2D eigenvalue weighted by Crippen LogP contribution is 2.54. The van der Waals surface area contributed by atoms with Crippen LogP contribution in [0.3, 0.4) is 0 Å². The molecule has 37 heavy (non-hydrogen) atoms. The maximum absolute atomic E-state index is 16.0. The fourth-order valence-corrected chi connectivity index (χ4v) is 4.35. The van der Waals surface area contributed by atoms with Gasteiger partial charge < -0.3 is 14.2 Å². The second-order valence-corrected chi connectivity index (χ2v) is 8.39. The van der Waals surface area contributed by atoms with E-state index in [0.29, 0.717) is 0 Å². The normalized spacial score (nSPS) is 18.3. The number of rotatable bonds is 5. The van der Waals surface area contributed by atoms with Gasteiger partial charge in [-0.1, -0.05) is 0 Å². The maximum Gasteiger partial charge on any atom is 0.416 e. The molecule has 0 saturated heterocycles. The number of benzene rings is 2. The van der Waals surface area contributed by atoms with Crippen LogP contribution in [-0.2, 0) is 23.0 Å². The van der Waals surface area contributed by atoms with E-state index in [4.69, 9.17) is 14.2 Å². The van der Waals surface area contributed by atoms with Crippen LogP contribution in [0.4, 0.5) is 45.6 Å². The minimum Gasteiger partial charge on any atom is -0.493 e. The molecule has 1 aliphatic heterocycles. The summed E-state index contributed by atoms with van der Waals surface area (Å²) >= 11 is 0. The highest BCUT2D eigenvalue weighted by molar-refractivity contribution is 5.91. The van der Waals surface area contributed by atoms with Crippen LogP contribution in [0.1, 0.15) is 48.4 Å². The fourth-order valence-electron chi connectivity index (χ4n) is 4.35. The number of amides is 1. The van der Waals surface area contributed by atoms with Crippen LogP contribution in [0.5, 0.6) is 11.5 Å². The summed E-state index contributed by atoms with van der Waals surface area (Å²) in [4.78, 5) is 13.7. The maximum atomic E-state index is 16.0. The largest absolute Gasteiger partial charge is 0.493 e. The molecular formula is C24H23F8NO4. The van der Waals surface area contributed by atoms with E-state index in [1.807, 2.05) is 0 Å². The van der Waals surface area contributed by atoms with E-state index < -0.39 is 59.4 Å². The van der Waals surface area contributed by atoms with Crippen molar-refractivity contribution in [1.29, 1.82) is 0 Å². The van der Waals surface area contributed by atoms with Crippen molar-refractivity contribution in [2.45, 2.75) is 50.5 Å². The summed E-state index contributed by atoms with van der Waals surface area (Å²) in [6, 6.07) is 1.21. The molecule has 1 aliphatic rings. The van der Waals surface area contributed by atoms with Gasteiger partial charge in [0.25, 0.3) is 5.92 Å². The Morgan fingerprint density at radius 1 is 0.865 bits per heavy atom. The topological polar surface area (TPSA) is 48.0 Å². The number of alkyl halides is 8. The lowest BCUT2D eigenvalue weighted by molar-refractivity contribution is -0.143. The fraction of sp³-hybridized carbons (Fsp3) is 0.458. The lowest BCUT2D eigenvalue weighted by atomic mass is 9.78. The first kappa shape index (κ1) is 28.3. The Hall–Kier alpha value is -3.25. The summed E-state index contributed by atoms with van der Waals surface area (Å²) < 4.78 is 128. The standard InChI is InChI=1S/C24H23F8NO4/c1-5-37-21(34)33-12(2)6-17(16-10-19(35-3)20(36-4)11-18(16)33)22(25,26)13-7-14(23(27,28)29)9-15(8-13)24(30,31)32/h7-12,17H,5-6H2,1-4H3/t12-,17?/m0/s1. The van der Waals surface area contributed by atoms with Crippen LogP contribution in [0.15, 0.2) is 30.3 Å². The van der Waals surface area contributed by atoms with Gasteiger partial charge in [0, 0.05) is 17.7 Å². The van der Waals surface area contributed by atoms with E-state index in [1.54, 1.807) is 0 Å². The minimum atomic E-state index is -5.30. The number of methoxy groups -OCH3 is 2. The summed E-state index contributed by atoms with van der Waals surface area (Å²) in [6.07, 6.45) is -12.0. The number of carbonyl (C=O) groups is 1. The minimum absolute atomic E-state index is 0.0120. The zero-order valence-corrected chi connectivity index (χ0v) is 20.1. The van der Waals surface area contributed by atoms with Crippen molar-refractivity contribution in [2.75, 3.05) is 25.7 Å².